The van der Waals surface area contributed by atoms with Crippen molar-refractivity contribution in [2.45, 2.75) is 37.3 Å². The van der Waals surface area contributed by atoms with E-state index in [1.807, 2.05) is 4.57 Å². The molecule has 6 rings (SSSR count). The molecule has 1 aliphatic heterocycles. The van der Waals surface area contributed by atoms with Gasteiger partial charge in [-0.1, -0.05) is 17.7 Å². The van der Waals surface area contributed by atoms with Gasteiger partial charge in [0.1, 0.15) is 41.1 Å². The molecular formula is C28H24ClF2N7O3S. The zero-order valence-corrected chi connectivity index (χ0v) is 23.8. The summed E-state index contributed by atoms with van der Waals surface area (Å²) in [6.45, 7) is 2.17. The lowest BCUT2D eigenvalue weighted by molar-refractivity contribution is -0.0298. The molecule has 0 spiro atoms. The quantitative estimate of drug-likeness (QED) is 0.217. The van der Waals surface area contributed by atoms with Gasteiger partial charge in [-0.05, 0) is 68.1 Å². The number of hydrogen-bond acceptors (Lipinski definition) is 8. The SMILES string of the molecule is Cc1c(Cl)cccc1S(=O)(=O)Nc1ccc(F)c(Nc2ncccc2-c2ncnc3c2ncn3C2CCCCO2)c1F. The number of benzene rings is 2. The molecule has 10 nitrogen and oxygen atoms in total. The number of nitrogens with one attached hydrogen (secondary N) is 2. The number of sulfonamides is 1. The Morgan fingerprint density at radius 3 is 2.71 bits per heavy atom. The van der Waals surface area contributed by atoms with Gasteiger partial charge in [0.25, 0.3) is 10.0 Å². The normalized spacial score (nSPS) is 15.6. The minimum Gasteiger partial charge on any atom is -0.358 e. The molecule has 1 saturated heterocycles. The Morgan fingerprint density at radius 1 is 1.05 bits per heavy atom. The van der Waals surface area contributed by atoms with E-state index in [1.165, 1.54) is 31.6 Å². The van der Waals surface area contributed by atoms with Crippen LogP contribution in [0.1, 0.15) is 31.1 Å². The van der Waals surface area contributed by atoms with Crippen LogP contribution in [0.25, 0.3) is 22.4 Å². The second-order valence-electron chi connectivity index (χ2n) is 9.64. The molecule has 4 heterocycles. The number of halogens is 3. The van der Waals surface area contributed by atoms with E-state index in [9.17, 15) is 8.42 Å². The van der Waals surface area contributed by atoms with Gasteiger partial charge in [-0.3, -0.25) is 9.29 Å². The molecule has 1 aliphatic rings. The lowest BCUT2D eigenvalue weighted by Crippen LogP contribution is -2.17. The van der Waals surface area contributed by atoms with E-state index < -0.39 is 33.0 Å². The lowest BCUT2D eigenvalue weighted by atomic mass is 10.1. The van der Waals surface area contributed by atoms with Crippen LogP contribution in [0.15, 0.2) is 66.2 Å². The molecule has 1 atom stereocenters. The highest BCUT2D eigenvalue weighted by Gasteiger charge is 2.25. The zero-order chi connectivity index (χ0) is 29.4. The number of nitrogens with zero attached hydrogens (tertiary/aromatic N) is 5. The number of imidazole rings is 1. The Morgan fingerprint density at radius 2 is 1.90 bits per heavy atom. The third kappa shape index (κ3) is 5.14. The molecule has 0 radical (unpaired) electrons. The van der Waals surface area contributed by atoms with E-state index in [0.29, 0.717) is 34.6 Å². The number of ether oxygens (including phenoxy) is 1. The lowest BCUT2D eigenvalue weighted by Gasteiger charge is -2.23. The van der Waals surface area contributed by atoms with E-state index in [-0.39, 0.29) is 22.0 Å². The van der Waals surface area contributed by atoms with Crippen LogP contribution in [0.3, 0.4) is 0 Å². The third-order valence-electron chi connectivity index (χ3n) is 6.97. The van der Waals surface area contributed by atoms with Crippen LogP contribution in [-0.4, -0.2) is 39.5 Å². The van der Waals surface area contributed by atoms with Gasteiger partial charge in [-0.25, -0.2) is 37.1 Å². The van der Waals surface area contributed by atoms with Crippen LogP contribution in [-0.2, 0) is 14.8 Å². The van der Waals surface area contributed by atoms with Crippen molar-refractivity contribution in [3.05, 3.63) is 83.5 Å². The first-order chi connectivity index (χ1) is 20.2. The molecule has 1 unspecified atom stereocenters. The predicted octanol–water partition coefficient (Wildman–Crippen LogP) is 6.37. The predicted molar refractivity (Wildman–Crippen MR) is 154 cm³/mol. The van der Waals surface area contributed by atoms with Gasteiger partial charge in [-0.2, -0.15) is 0 Å². The summed E-state index contributed by atoms with van der Waals surface area (Å²) in [5.74, 6) is -2.05. The first-order valence-corrected chi connectivity index (χ1v) is 14.9. The van der Waals surface area contributed by atoms with E-state index in [4.69, 9.17) is 16.3 Å². The van der Waals surface area contributed by atoms with Crippen molar-refractivity contribution in [2.24, 2.45) is 0 Å². The van der Waals surface area contributed by atoms with Crippen LogP contribution in [0.4, 0.5) is 26.0 Å². The van der Waals surface area contributed by atoms with Gasteiger partial charge in [0, 0.05) is 23.4 Å². The van der Waals surface area contributed by atoms with Crippen molar-refractivity contribution < 1.29 is 21.9 Å². The Hall–Kier alpha value is -4.20. The highest BCUT2D eigenvalue weighted by molar-refractivity contribution is 7.92. The number of aromatic nitrogens is 5. The maximum Gasteiger partial charge on any atom is 0.262 e. The van der Waals surface area contributed by atoms with Crippen LogP contribution in [0.5, 0.6) is 0 Å². The van der Waals surface area contributed by atoms with Gasteiger partial charge in [0.2, 0.25) is 0 Å². The molecule has 3 aromatic heterocycles. The zero-order valence-electron chi connectivity index (χ0n) is 22.2. The van der Waals surface area contributed by atoms with Crippen LogP contribution in [0.2, 0.25) is 5.02 Å². The molecule has 14 heteroatoms. The molecule has 0 saturated carbocycles. The summed E-state index contributed by atoms with van der Waals surface area (Å²) in [6, 6.07) is 9.63. The molecule has 0 aliphatic carbocycles. The maximum atomic E-state index is 15.7. The first-order valence-electron chi connectivity index (χ1n) is 13.0. The number of anilines is 3. The summed E-state index contributed by atoms with van der Waals surface area (Å²) < 4.78 is 66.8. The first kappa shape index (κ1) is 27.9. The largest absolute Gasteiger partial charge is 0.358 e. The Labute approximate surface area is 244 Å². The molecule has 0 bridgehead atoms. The fraction of sp³-hybridized carbons (Fsp3) is 0.214. The molecule has 2 N–H and O–H groups in total. The highest BCUT2D eigenvalue weighted by Crippen LogP contribution is 2.36. The molecule has 216 valence electrons. The minimum atomic E-state index is -4.25. The van der Waals surface area contributed by atoms with Gasteiger partial charge in [0.05, 0.1) is 16.9 Å². The Kier molecular flexibility index (Phi) is 7.47. The van der Waals surface area contributed by atoms with Crippen molar-refractivity contribution in [3.8, 4) is 11.3 Å². The summed E-state index contributed by atoms with van der Waals surface area (Å²) in [5.41, 5.74) is 1.02. The average molecular weight is 612 g/mol. The van der Waals surface area contributed by atoms with Crippen LogP contribution in [0, 0.1) is 18.6 Å². The fourth-order valence-corrected chi connectivity index (χ4v) is 6.40. The number of pyridine rings is 1. The summed E-state index contributed by atoms with van der Waals surface area (Å²) in [5, 5.41) is 2.93. The smallest absolute Gasteiger partial charge is 0.262 e. The number of fused-ring (bicyclic) bond motifs is 1. The van der Waals surface area contributed by atoms with Crippen molar-refractivity contribution >= 4 is 50.0 Å². The molecule has 0 amide bonds. The van der Waals surface area contributed by atoms with E-state index in [2.05, 4.69) is 30.0 Å². The topological polar surface area (TPSA) is 124 Å². The summed E-state index contributed by atoms with van der Waals surface area (Å²) in [6.07, 6.45) is 7.09. The average Bonchev–Trinajstić information content (AvgIpc) is 3.43. The van der Waals surface area contributed by atoms with E-state index in [1.54, 1.807) is 24.5 Å². The minimum absolute atomic E-state index is 0.0736. The van der Waals surface area contributed by atoms with Crippen LogP contribution >= 0.6 is 11.6 Å². The highest BCUT2D eigenvalue weighted by atomic mass is 35.5. The third-order valence-corrected chi connectivity index (χ3v) is 8.89. The molecule has 5 aromatic rings. The van der Waals surface area contributed by atoms with Crippen molar-refractivity contribution in [3.63, 3.8) is 0 Å². The standard InChI is InChI=1S/C28H24ClF2N7O3S/c1-16-18(29)7-4-8-21(16)42(39,40)37-20-11-10-19(30)25(23(20)31)36-27-17(6-5-12-32-27)24-26-28(34-14-33-24)38(15-35-26)22-9-2-3-13-41-22/h4-8,10-12,14-15,22,37H,2-3,9,13H2,1H3,(H,32,36). The monoisotopic (exact) mass is 611 g/mol. The van der Waals surface area contributed by atoms with Crippen molar-refractivity contribution in [1.29, 1.82) is 0 Å². The number of hydrogen-bond donors (Lipinski definition) is 2. The van der Waals surface area contributed by atoms with Gasteiger partial charge < -0.3 is 10.1 Å². The van der Waals surface area contributed by atoms with Crippen molar-refractivity contribution in [2.75, 3.05) is 16.6 Å². The number of rotatable bonds is 7. The Bertz CT molecular complexity index is 1910. The van der Waals surface area contributed by atoms with Crippen LogP contribution < -0.4 is 10.0 Å². The molecule has 2 aromatic carbocycles. The second-order valence-corrected chi connectivity index (χ2v) is 11.7. The van der Waals surface area contributed by atoms with Gasteiger partial charge in [0.15, 0.2) is 11.5 Å². The van der Waals surface area contributed by atoms with E-state index in [0.717, 1.165) is 31.4 Å². The maximum absolute atomic E-state index is 15.7. The van der Waals surface area contributed by atoms with Crippen molar-refractivity contribution in [1.82, 2.24) is 24.5 Å². The Balaban J connectivity index is 1.36. The van der Waals surface area contributed by atoms with Gasteiger partial charge in [-0.15, -0.1) is 0 Å². The van der Waals surface area contributed by atoms with Gasteiger partial charge >= 0.3 is 0 Å². The summed E-state index contributed by atoms with van der Waals surface area (Å²) in [4.78, 5) is 17.5. The summed E-state index contributed by atoms with van der Waals surface area (Å²) in [7, 11) is -4.25. The fourth-order valence-electron chi connectivity index (χ4n) is 4.84. The molecule has 1 fully saturated rings. The molecular weight excluding hydrogens is 588 g/mol. The van der Waals surface area contributed by atoms with E-state index >= 15 is 8.78 Å². The summed E-state index contributed by atoms with van der Waals surface area (Å²) >= 11 is 6.08. The second kappa shape index (κ2) is 11.2. The molecule has 42 heavy (non-hydrogen) atoms.